The van der Waals surface area contributed by atoms with Gasteiger partial charge in [0.05, 0.1) is 18.7 Å². The Kier molecular flexibility index (Phi) is 4.08. The molecule has 128 valence electrons. The van der Waals surface area contributed by atoms with E-state index in [1.807, 2.05) is 6.92 Å². The number of benzene rings is 1. The Labute approximate surface area is 144 Å². The summed E-state index contributed by atoms with van der Waals surface area (Å²) in [5.74, 6) is 0.00479. The molecule has 1 aromatic rings. The van der Waals surface area contributed by atoms with Gasteiger partial charge in [0.15, 0.2) is 5.78 Å². The lowest BCUT2D eigenvalue weighted by atomic mass is 10.1. The summed E-state index contributed by atoms with van der Waals surface area (Å²) in [5.41, 5.74) is 2.58. The van der Waals surface area contributed by atoms with E-state index in [-0.39, 0.29) is 10.7 Å². The summed E-state index contributed by atoms with van der Waals surface area (Å²) in [6.07, 6.45) is 3.07. The monoisotopic (exact) mass is 361 g/mol. The Morgan fingerprint density at radius 3 is 2.29 bits per heavy atom. The number of ketones is 1. The van der Waals surface area contributed by atoms with Gasteiger partial charge < -0.3 is 0 Å². The molecule has 0 spiro atoms. The summed E-state index contributed by atoms with van der Waals surface area (Å²) in [7, 11) is -5.45. The number of hydrogen-bond acceptors (Lipinski definition) is 3. The van der Waals surface area contributed by atoms with Crippen molar-refractivity contribution in [1.29, 1.82) is 0 Å². The molecule has 1 fully saturated rings. The highest BCUT2D eigenvalue weighted by atomic mass is 32.2. The van der Waals surface area contributed by atoms with Crippen LogP contribution in [0.2, 0.25) is 19.6 Å². The molecule has 24 heavy (non-hydrogen) atoms. The van der Waals surface area contributed by atoms with Crippen LogP contribution in [0.5, 0.6) is 0 Å². The lowest BCUT2D eigenvalue weighted by Crippen LogP contribution is -2.35. The van der Waals surface area contributed by atoms with Crippen LogP contribution in [0.15, 0.2) is 51.7 Å². The van der Waals surface area contributed by atoms with E-state index >= 15 is 0 Å². The van der Waals surface area contributed by atoms with Crippen molar-refractivity contribution >= 4 is 23.9 Å². The SMILES string of the molecule is Cc1ccc(S(=O)(=O)N2CCCC3=C([Si](C)(C)C)C(=O)C=C32)cc1. The molecule has 4 nitrogen and oxygen atoms in total. The van der Waals surface area contributed by atoms with Gasteiger partial charge in [-0.2, -0.15) is 0 Å². The molecule has 0 aromatic heterocycles. The van der Waals surface area contributed by atoms with Gasteiger partial charge >= 0.3 is 0 Å². The smallest absolute Gasteiger partial charge is 0.264 e. The molecule has 0 N–H and O–H groups in total. The van der Waals surface area contributed by atoms with Crippen LogP contribution in [0.4, 0.5) is 0 Å². The molecule has 3 rings (SSSR count). The quantitative estimate of drug-likeness (QED) is 0.775. The molecule has 0 radical (unpaired) electrons. The van der Waals surface area contributed by atoms with E-state index in [0.717, 1.165) is 29.2 Å². The van der Waals surface area contributed by atoms with Gasteiger partial charge in [0.2, 0.25) is 0 Å². The highest BCUT2D eigenvalue weighted by molar-refractivity contribution is 7.89. The third-order valence-corrected chi connectivity index (χ3v) is 8.42. The minimum Gasteiger partial charge on any atom is -0.290 e. The van der Waals surface area contributed by atoms with Crippen LogP contribution in [-0.2, 0) is 14.8 Å². The maximum Gasteiger partial charge on any atom is 0.264 e. The van der Waals surface area contributed by atoms with Crippen LogP contribution in [0, 0.1) is 6.92 Å². The lowest BCUT2D eigenvalue weighted by Gasteiger charge is -2.32. The zero-order valence-electron chi connectivity index (χ0n) is 14.6. The number of fused-ring (bicyclic) bond motifs is 1. The molecule has 6 heteroatoms. The molecule has 0 amide bonds. The molecule has 0 unspecified atom stereocenters. The van der Waals surface area contributed by atoms with Gasteiger partial charge in [0.25, 0.3) is 10.0 Å². The number of carbonyl (C=O) groups excluding carboxylic acids is 1. The predicted octanol–water partition coefficient (Wildman–Crippen LogP) is 3.42. The number of nitrogens with zero attached hydrogens (tertiary/aromatic N) is 1. The fourth-order valence-electron chi connectivity index (χ4n) is 3.47. The first-order valence-electron chi connectivity index (χ1n) is 8.22. The Morgan fingerprint density at radius 2 is 1.71 bits per heavy atom. The fraction of sp³-hybridized carbons (Fsp3) is 0.389. The molecule has 1 saturated heterocycles. The minimum atomic E-state index is -3.63. The largest absolute Gasteiger partial charge is 0.290 e. The third-order valence-electron chi connectivity index (χ3n) is 4.54. The molecule has 0 atom stereocenters. The molecule has 1 heterocycles. The molecule has 2 aliphatic rings. The van der Waals surface area contributed by atoms with Crippen molar-refractivity contribution in [3.8, 4) is 0 Å². The Balaban J connectivity index is 2.08. The van der Waals surface area contributed by atoms with Crippen molar-refractivity contribution in [2.24, 2.45) is 0 Å². The second kappa shape index (κ2) is 5.70. The van der Waals surface area contributed by atoms with Crippen molar-refractivity contribution in [3.05, 3.63) is 52.4 Å². The first kappa shape index (κ1) is 17.2. The summed E-state index contributed by atoms with van der Waals surface area (Å²) in [4.78, 5) is 12.8. The van der Waals surface area contributed by atoms with Crippen molar-refractivity contribution in [2.45, 2.75) is 44.3 Å². The number of sulfonamides is 1. The van der Waals surface area contributed by atoms with E-state index in [1.165, 1.54) is 10.4 Å². The normalized spacial score (nSPS) is 18.8. The number of rotatable bonds is 3. The maximum atomic E-state index is 13.1. The van der Waals surface area contributed by atoms with E-state index in [2.05, 4.69) is 19.6 Å². The summed E-state index contributed by atoms with van der Waals surface area (Å²) < 4.78 is 27.6. The molecule has 1 aliphatic carbocycles. The van der Waals surface area contributed by atoms with Gasteiger partial charge in [-0.15, -0.1) is 0 Å². The van der Waals surface area contributed by atoms with Crippen LogP contribution >= 0.6 is 0 Å². The maximum absolute atomic E-state index is 13.1. The van der Waals surface area contributed by atoms with Crippen LogP contribution in [-0.4, -0.2) is 33.1 Å². The average Bonchev–Trinajstić information content (AvgIpc) is 2.83. The highest BCUT2D eigenvalue weighted by Crippen LogP contribution is 2.40. The summed E-state index contributed by atoms with van der Waals surface area (Å²) >= 11 is 0. The second-order valence-corrected chi connectivity index (χ2v) is 14.4. The number of hydrogen-bond donors (Lipinski definition) is 0. The first-order chi connectivity index (χ1) is 11.1. The third kappa shape index (κ3) is 2.78. The number of piperidine rings is 1. The Bertz CT molecular complexity index is 859. The first-order valence-corrected chi connectivity index (χ1v) is 13.2. The predicted molar refractivity (Wildman–Crippen MR) is 97.8 cm³/mol. The van der Waals surface area contributed by atoms with Crippen molar-refractivity contribution < 1.29 is 13.2 Å². The Morgan fingerprint density at radius 1 is 1.08 bits per heavy atom. The molecule has 0 saturated carbocycles. The molecule has 1 aromatic carbocycles. The summed E-state index contributed by atoms with van der Waals surface area (Å²) in [6.45, 7) is 8.76. The average molecular weight is 362 g/mol. The van der Waals surface area contributed by atoms with Crippen LogP contribution in [0.3, 0.4) is 0 Å². The minimum absolute atomic E-state index is 0.00479. The summed E-state index contributed by atoms with van der Waals surface area (Å²) in [6, 6.07) is 6.88. The molecular weight excluding hydrogens is 338 g/mol. The molecule has 0 bridgehead atoms. The van der Waals surface area contributed by atoms with Gasteiger partial charge in [-0.3, -0.25) is 9.10 Å². The standard InChI is InChI=1S/C18H23NO3SSi/c1-13-7-9-14(10-8-13)23(21,22)19-11-5-6-15-16(19)12-17(20)18(15)24(2,3)4/h7-10,12H,5-6,11H2,1-4H3. The van der Waals surface area contributed by atoms with Gasteiger partial charge in [-0.25, -0.2) is 8.42 Å². The number of carbonyl (C=O) groups is 1. The van der Waals surface area contributed by atoms with Gasteiger partial charge in [-0.05, 0) is 42.7 Å². The van der Waals surface area contributed by atoms with Crippen LogP contribution in [0.25, 0.3) is 0 Å². The van der Waals surface area contributed by atoms with Gasteiger partial charge in [0, 0.05) is 12.6 Å². The summed E-state index contributed by atoms with van der Waals surface area (Å²) in [5, 5.41) is 0.890. The van der Waals surface area contributed by atoms with Crippen LogP contribution < -0.4 is 0 Å². The van der Waals surface area contributed by atoms with E-state index in [1.54, 1.807) is 24.3 Å². The lowest BCUT2D eigenvalue weighted by molar-refractivity contribution is -0.110. The molecular formula is C18H23NO3SSi. The zero-order chi connectivity index (χ0) is 17.7. The van der Waals surface area contributed by atoms with Gasteiger partial charge in [-0.1, -0.05) is 37.3 Å². The van der Waals surface area contributed by atoms with E-state index < -0.39 is 18.1 Å². The van der Waals surface area contributed by atoms with E-state index in [0.29, 0.717) is 12.2 Å². The Hall–Kier alpha value is -1.66. The topological polar surface area (TPSA) is 54.5 Å². The van der Waals surface area contributed by atoms with E-state index in [4.69, 9.17) is 0 Å². The molecule has 1 aliphatic heterocycles. The van der Waals surface area contributed by atoms with E-state index in [9.17, 15) is 13.2 Å². The second-order valence-electron chi connectivity index (χ2n) is 7.49. The van der Waals surface area contributed by atoms with Crippen LogP contribution in [0.1, 0.15) is 18.4 Å². The highest BCUT2D eigenvalue weighted by Gasteiger charge is 2.40. The van der Waals surface area contributed by atoms with Crippen molar-refractivity contribution in [2.75, 3.05) is 6.54 Å². The van der Waals surface area contributed by atoms with Gasteiger partial charge in [0.1, 0.15) is 0 Å². The van der Waals surface area contributed by atoms with Crippen molar-refractivity contribution in [3.63, 3.8) is 0 Å². The fourth-order valence-corrected chi connectivity index (χ4v) is 6.96. The zero-order valence-corrected chi connectivity index (χ0v) is 16.4. The van der Waals surface area contributed by atoms with Crippen molar-refractivity contribution in [1.82, 2.24) is 4.31 Å². The number of allylic oxidation sites excluding steroid dienone is 3. The number of aryl methyl sites for hydroxylation is 1.